The van der Waals surface area contributed by atoms with E-state index in [1.54, 1.807) is 6.33 Å². The molecule has 0 radical (unpaired) electrons. The fraction of sp³-hybridized carbons (Fsp3) is 0.391. The van der Waals surface area contributed by atoms with Crippen LogP contribution in [0.3, 0.4) is 0 Å². The second-order valence-corrected chi connectivity index (χ2v) is 8.19. The van der Waals surface area contributed by atoms with Crippen LogP contribution >= 0.6 is 0 Å². The van der Waals surface area contributed by atoms with Gasteiger partial charge < -0.3 is 4.74 Å². The summed E-state index contributed by atoms with van der Waals surface area (Å²) >= 11 is 0. The first-order valence-electron chi connectivity index (χ1n) is 10.5. The molecule has 0 amide bonds. The summed E-state index contributed by atoms with van der Waals surface area (Å²) in [7, 11) is 0. The number of aryl methyl sites for hydroxylation is 3. The van der Waals surface area contributed by atoms with E-state index in [2.05, 4.69) is 53.8 Å². The van der Waals surface area contributed by atoms with Crippen molar-refractivity contribution in [3.63, 3.8) is 0 Å². The normalized spacial score (nSPS) is 13.2. The molecule has 0 atom stereocenters. The van der Waals surface area contributed by atoms with Gasteiger partial charge in [-0.3, -0.25) is 9.08 Å². The molecule has 1 aliphatic heterocycles. The molecule has 5 rings (SSSR count). The van der Waals surface area contributed by atoms with Crippen molar-refractivity contribution in [1.82, 2.24) is 29.4 Å². The second kappa shape index (κ2) is 7.23. The number of benzene rings is 1. The summed E-state index contributed by atoms with van der Waals surface area (Å²) in [5.41, 5.74) is 7.69. The summed E-state index contributed by atoms with van der Waals surface area (Å²) in [6, 6.07) is 6.62. The molecule has 154 valence electrons. The van der Waals surface area contributed by atoms with E-state index in [9.17, 15) is 0 Å². The largest absolute Gasteiger partial charge is 0.493 e. The average Bonchev–Trinajstić information content (AvgIpc) is 3.45. The van der Waals surface area contributed by atoms with E-state index in [0.717, 1.165) is 65.6 Å². The molecular weight excluding hydrogens is 376 g/mol. The SMILES string of the molecule is Cc1nn(C(C)C)c(C)c1-c1cnc(CCc2cccc3c2CCO3)n2cnnc12. The Hall–Kier alpha value is -3.22. The van der Waals surface area contributed by atoms with Crippen molar-refractivity contribution in [1.29, 1.82) is 0 Å². The predicted molar refractivity (Wildman–Crippen MR) is 115 cm³/mol. The minimum atomic E-state index is 0.301. The fourth-order valence-electron chi connectivity index (χ4n) is 4.56. The quantitative estimate of drug-likeness (QED) is 0.506. The van der Waals surface area contributed by atoms with Crippen LogP contribution in [0.5, 0.6) is 5.75 Å². The first kappa shape index (κ1) is 18.8. The minimum Gasteiger partial charge on any atom is -0.493 e. The molecule has 0 saturated carbocycles. The highest BCUT2D eigenvalue weighted by Crippen LogP contribution is 2.32. The minimum absolute atomic E-state index is 0.301. The van der Waals surface area contributed by atoms with Gasteiger partial charge in [0.25, 0.3) is 0 Å². The van der Waals surface area contributed by atoms with Gasteiger partial charge in [-0.15, -0.1) is 10.2 Å². The summed E-state index contributed by atoms with van der Waals surface area (Å²) in [4.78, 5) is 4.82. The molecule has 0 aliphatic carbocycles. The van der Waals surface area contributed by atoms with Crippen LogP contribution in [-0.4, -0.2) is 36.0 Å². The van der Waals surface area contributed by atoms with Gasteiger partial charge in [-0.05, 0) is 45.7 Å². The van der Waals surface area contributed by atoms with Crippen molar-refractivity contribution in [2.45, 2.75) is 53.0 Å². The Bertz CT molecular complexity index is 1240. The lowest BCUT2D eigenvalue weighted by atomic mass is 10.0. The molecule has 0 spiro atoms. The Morgan fingerprint density at radius 2 is 2.03 bits per heavy atom. The zero-order valence-corrected chi connectivity index (χ0v) is 17.9. The number of fused-ring (bicyclic) bond motifs is 2. The smallest absolute Gasteiger partial charge is 0.171 e. The van der Waals surface area contributed by atoms with Gasteiger partial charge in [0.2, 0.25) is 0 Å². The van der Waals surface area contributed by atoms with E-state index in [1.807, 2.05) is 17.5 Å². The van der Waals surface area contributed by atoms with Crippen LogP contribution in [-0.2, 0) is 19.3 Å². The number of hydrogen-bond donors (Lipinski definition) is 0. The molecule has 0 unspecified atom stereocenters. The molecule has 3 aromatic heterocycles. The highest BCUT2D eigenvalue weighted by molar-refractivity contribution is 5.79. The van der Waals surface area contributed by atoms with Gasteiger partial charge in [0.05, 0.1) is 12.3 Å². The van der Waals surface area contributed by atoms with Crippen molar-refractivity contribution in [2.24, 2.45) is 0 Å². The van der Waals surface area contributed by atoms with Gasteiger partial charge >= 0.3 is 0 Å². The van der Waals surface area contributed by atoms with Gasteiger partial charge in [0.15, 0.2) is 5.65 Å². The van der Waals surface area contributed by atoms with Crippen LogP contribution in [0.1, 0.15) is 48.2 Å². The average molecular weight is 403 g/mol. The Morgan fingerprint density at radius 1 is 1.17 bits per heavy atom. The first-order valence-corrected chi connectivity index (χ1v) is 10.5. The van der Waals surface area contributed by atoms with Crippen LogP contribution in [0.15, 0.2) is 30.7 Å². The van der Waals surface area contributed by atoms with Crippen LogP contribution in [0, 0.1) is 13.8 Å². The lowest BCUT2D eigenvalue weighted by Crippen LogP contribution is -2.06. The third kappa shape index (κ3) is 2.96. The first-order chi connectivity index (χ1) is 14.5. The van der Waals surface area contributed by atoms with E-state index in [0.29, 0.717) is 6.04 Å². The van der Waals surface area contributed by atoms with Crippen LogP contribution in [0.4, 0.5) is 0 Å². The lowest BCUT2D eigenvalue weighted by molar-refractivity contribution is 0.357. The molecule has 4 aromatic rings. The number of hydrogen-bond acceptors (Lipinski definition) is 5. The zero-order chi connectivity index (χ0) is 20.8. The van der Waals surface area contributed by atoms with Crippen molar-refractivity contribution in [3.05, 3.63) is 59.1 Å². The van der Waals surface area contributed by atoms with Gasteiger partial charge in [-0.25, -0.2) is 4.98 Å². The molecule has 0 fully saturated rings. The topological polar surface area (TPSA) is 70.1 Å². The predicted octanol–water partition coefficient (Wildman–Crippen LogP) is 3.91. The van der Waals surface area contributed by atoms with E-state index in [1.165, 1.54) is 11.1 Å². The molecule has 0 bridgehead atoms. The van der Waals surface area contributed by atoms with Crippen molar-refractivity contribution in [3.8, 4) is 16.9 Å². The standard InChI is InChI=1S/C23H26N6O/c1-14(2)29-16(4)22(15(3)27-29)19-12-24-21(28-13-25-26-23(19)28)9-8-17-6-5-7-20-18(17)10-11-30-20/h5-7,12-14H,8-11H2,1-4H3. The van der Waals surface area contributed by atoms with E-state index in [-0.39, 0.29) is 0 Å². The zero-order valence-electron chi connectivity index (χ0n) is 17.9. The summed E-state index contributed by atoms with van der Waals surface area (Å²) in [6.07, 6.45) is 6.40. The van der Waals surface area contributed by atoms with Gasteiger partial charge in [-0.1, -0.05) is 12.1 Å². The Morgan fingerprint density at radius 3 is 2.83 bits per heavy atom. The highest BCUT2D eigenvalue weighted by Gasteiger charge is 2.21. The van der Waals surface area contributed by atoms with Gasteiger partial charge in [0.1, 0.15) is 17.9 Å². The monoisotopic (exact) mass is 402 g/mol. The summed E-state index contributed by atoms with van der Waals surface area (Å²) < 4.78 is 9.78. The molecule has 0 saturated heterocycles. The Labute approximate surface area is 175 Å². The molecule has 1 aromatic carbocycles. The van der Waals surface area contributed by atoms with Crippen molar-refractivity contribution >= 4 is 5.65 Å². The maximum Gasteiger partial charge on any atom is 0.171 e. The molecule has 0 N–H and O–H groups in total. The van der Waals surface area contributed by atoms with Crippen LogP contribution < -0.4 is 4.74 Å². The molecule has 7 heteroatoms. The Kier molecular flexibility index (Phi) is 4.53. The third-order valence-electron chi connectivity index (χ3n) is 5.95. The van der Waals surface area contributed by atoms with E-state index in [4.69, 9.17) is 14.8 Å². The third-order valence-corrected chi connectivity index (χ3v) is 5.95. The molecular formula is C23H26N6O. The van der Waals surface area contributed by atoms with Crippen molar-refractivity contribution < 1.29 is 4.74 Å². The second-order valence-electron chi connectivity index (χ2n) is 8.19. The molecule has 7 nitrogen and oxygen atoms in total. The summed E-state index contributed by atoms with van der Waals surface area (Å²) in [5, 5.41) is 13.3. The maximum absolute atomic E-state index is 5.71. The number of rotatable bonds is 5. The number of aromatic nitrogens is 6. The van der Waals surface area contributed by atoms with Crippen LogP contribution in [0.25, 0.3) is 16.8 Å². The molecule has 4 heterocycles. The number of nitrogens with zero attached hydrogens (tertiary/aromatic N) is 6. The van der Waals surface area contributed by atoms with E-state index < -0.39 is 0 Å². The number of ether oxygens (including phenoxy) is 1. The molecule has 1 aliphatic rings. The van der Waals surface area contributed by atoms with E-state index >= 15 is 0 Å². The lowest BCUT2D eigenvalue weighted by Gasteiger charge is -2.11. The highest BCUT2D eigenvalue weighted by atomic mass is 16.5. The Balaban J connectivity index is 1.51. The summed E-state index contributed by atoms with van der Waals surface area (Å²) in [5.74, 6) is 1.99. The summed E-state index contributed by atoms with van der Waals surface area (Å²) in [6.45, 7) is 9.21. The maximum atomic E-state index is 5.71. The van der Waals surface area contributed by atoms with Crippen LogP contribution in [0.2, 0.25) is 0 Å². The molecule has 30 heavy (non-hydrogen) atoms. The van der Waals surface area contributed by atoms with Gasteiger partial charge in [-0.2, -0.15) is 5.10 Å². The van der Waals surface area contributed by atoms with Gasteiger partial charge in [0, 0.05) is 47.5 Å². The fourth-order valence-corrected chi connectivity index (χ4v) is 4.56. The van der Waals surface area contributed by atoms with Crippen molar-refractivity contribution in [2.75, 3.05) is 6.61 Å².